The molecule has 0 spiro atoms. The summed E-state index contributed by atoms with van der Waals surface area (Å²) in [6.45, 7) is 3.43. The molecule has 0 aliphatic heterocycles. The minimum Gasteiger partial charge on any atom is -0.286 e. The van der Waals surface area contributed by atoms with Gasteiger partial charge in [0, 0.05) is 0 Å². The molecule has 0 saturated carbocycles. The summed E-state index contributed by atoms with van der Waals surface area (Å²) in [5.74, 6) is 7.12. The van der Waals surface area contributed by atoms with Crippen molar-refractivity contribution in [3.63, 3.8) is 0 Å². The summed E-state index contributed by atoms with van der Waals surface area (Å²) in [5.41, 5.74) is -0.611. The molecule has 0 saturated heterocycles. The van der Waals surface area contributed by atoms with E-state index in [0.29, 0.717) is 0 Å². The maximum Gasteiger partial charge on any atom is 0.143 e. The molecule has 0 heterocycles. The van der Waals surface area contributed by atoms with Crippen molar-refractivity contribution in [2.45, 2.75) is 19.4 Å². The van der Waals surface area contributed by atoms with Crippen LogP contribution in [-0.4, -0.2) is 5.60 Å². The van der Waals surface area contributed by atoms with Gasteiger partial charge in [-0.15, -0.1) is 6.42 Å². The van der Waals surface area contributed by atoms with Crippen LogP contribution in [0.25, 0.3) is 0 Å². The number of terminal acetylenes is 1. The smallest absolute Gasteiger partial charge is 0.143 e. The molecular weight excluding hydrogens is 90.1 g/mol. The van der Waals surface area contributed by atoms with Crippen LogP contribution in [0.5, 0.6) is 0 Å². The van der Waals surface area contributed by atoms with Crippen LogP contribution in [0, 0.1) is 12.3 Å². The lowest BCUT2D eigenvalue weighted by atomic mass is 10.2. The zero-order chi connectivity index (χ0) is 5.91. The van der Waals surface area contributed by atoms with Gasteiger partial charge in [0.2, 0.25) is 0 Å². The summed E-state index contributed by atoms with van der Waals surface area (Å²) >= 11 is 0. The van der Waals surface area contributed by atoms with Crippen LogP contribution in [0.3, 0.4) is 0 Å². The van der Waals surface area contributed by atoms with Gasteiger partial charge < -0.3 is 0 Å². The Balaban J connectivity index is 3.66. The first-order valence-electron chi connectivity index (χ1n) is 1.98. The highest BCUT2D eigenvalue weighted by molar-refractivity contribution is 5.02. The lowest BCUT2D eigenvalue weighted by Crippen LogP contribution is -2.25. The van der Waals surface area contributed by atoms with Crippen LogP contribution in [0.2, 0.25) is 0 Å². The Hall–Kier alpha value is -0.520. The molecule has 0 rings (SSSR count). The highest BCUT2D eigenvalue weighted by Crippen LogP contribution is 2.00. The molecule has 0 atom stereocenters. The normalized spacial score (nSPS) is 10.6. The molecule has 7 heavy (non-hydrogen) atoms. The SMILES string of the molecule is C#CC(C)(C)ON. The molecule has 0 aromatic heterocycles. The first kappa shape index (κ1) is 6.48. The van der Waals surface area contributed by atoms with Crippen LogP contribution in [-0.2, 0) is 4.84 Å². The van der Waals surface area contributed by atoms with E-state index >= 15 is 0 Å². The fourth-order valence-corrected chi connectivity index (χ4v) is 0.0340. The van der Waals surface area contributed by atoms with Crippen molar-refractivity contribution in [2.75, 3.05) is 0 Å². The summed E-state index contributed by atoms with van der Waals surface area (Å²) in [7, 11) is 0. The maximum absolute atomic E-state index is 4.96. The minimum absolute atomic E-state index is 0.611. The van der Waals surface area contributed by atoms with E-state index in [9.17, 15) is 0 Å². The molecule has 2 nitrogen and oxygen atoms in total. The molecule has 0 bridgehead atoms. The predicted molar refractivity (Wildman–Crippen MR) is 28.2 cm³/mol. The molecule has 0 fully saturated rings. The van der Waals surface area contributed by atoms with Crippen LogP contribution >= 0.6 is 0 Å². The summed E-state index contributed by atoms with van der Waals surface area (Å²) in [5, 5.41) is 0. The van der Waals surface area contributed by atoms with Crippen LogP contribution in [0.15, 0.2) is 0 Å². The average Bonchev–Trinajstić information content (AvgIpc) is 1.68. The van der Waals surface area contributed by atoms with Gasteiger partial charge in [-0.25, -0.2) is 5.90 Å². The number of rotatable bonds is 1. The molecule has 0 aromatic carbocycles. The van der Waals surface area contributed by atoms with Crippen LogP contribution < -0.4 is 5.90 Å². The highest BCUT2D eigenvalue weighted by atomic mass is 16.6. The van der Waals surface area contributed by atoms with Gasteiger partial charge in [0.25, 0.3) is 0 Å². The first-order valence-corrected chi connectivity index (χ1v) is 1.98. The fraction of sp³-hybridized carbons (Fsp3) is 0.600. The van der Waals surface area contributed by atoms with Crippen molar-refractivity contribution in [3.05, 3.63) is 0 Å². The van der Waals surface area contributed by atoms with E-state index in [-0.39, 0.29) is 0 Å². The van der Waals surface area contributed by atoms with Gasteiger partial charge in [-0.05, 0) is 13.8 Å². The molecule has 0 unspecified atom stereocenters. The van der Waals surface area contributed by atoms with Gasteiger partial charge in [0.05, 0.1) is 0 Å². The fourth-order valence-electron chi connectivity index (χ4n) is 0.0340. The molecule has 0 aliphatic carbocycles. The standard InChI is InChI=1S/C5H9NO/c1-4-5(2,3)7-6/h1H,6H2,2-3H3. The molecule has 0 aliphatic rings. The van der Waals surface area contributed by atoms with Crippen molar-refractivity contribution in [2.24, 2.45) is 5.90 Å². The monoisotopic (exact) mass is 99.1 g/mol. The van der Waals surface area contributed by atoms with Gasteiger partial charge in [0.1, 0.15) is 5.60 Å². The van der Waals surface area contributed by atoms with Gasteiger partial charge >= 0.3 is 0 Å². The largest absolute Gasteiger partial charge is 0.286 e. The summed E-state index contributed by atoms with van der Waals surface area (Å²) in [6, 6.07) is 0. The van der Waals surface area contributed by atoms with Crippen LogP contribution in [0.1, 0.15) is 13.8 Å². The van der Waals surface area contributed by atoms with Crippen molar-refractivity contribution in [3.8, 4) is 12.3 Å². The van der Waals surface area contributed by atoms with E-state index < -0.39 is 5.60 Å². The third-order valence-corrected chi connectivity index (χ3v) is 0.642. The van der Waals surface area contributed by atoms with E-state index in [2.05, 4.69) is 10.8 Å². The lowest BCUT2D eigenvalue weighted by molar-refractivity contribution is 0.0265. The molecular formula is C5H9NO. The van der Waals surface area contributed by atoms with Gasteiger partial charge in [-0.3, -0.25) is 4.84 Å². The molecule has 0 aromatic rings. The van der Waals surface area contributed by atoms with Gasteiger partial charge in [-0.2, -0.15) is 0 Å². The Morgan fingerprint density at radius 2 is 2.14 bits per heavy atom. The zero-order valence-electron chi connectivity index (χ0n) is 4.56. The minimum atomic E-state index is -0.611. The van der Waals surface area contributed by atoms with Crippen molar-refractivity contribution >= 4 is 0 Å². The Labute approximate surface area is 43.6 Å². The molecule has 40 valence electrons. The Kier molecular flexibility index (Phi) is 1.82. The summed E-state index contributed by atoms with van der Waals surface area (Å²) < 4.78 is 0. The highest BCUT2D eigenvalue weighted by Gasteiger charge is 2.10. The van der Waals surface area contributed by atoms with E-state index in [0.717, 1.165) is 0 Å². The second-order valence-electron chi connectivity index (χ2n) is 1.77. The number of nitrogens with two attached hydrogens (primary N) is 1. The second-order valence-corrected chi connectivity index (χ2v) is 1.77. The van der Waals surface area contributed by atoms with E-state index in [4.69, 9.17) is 12.3 Å². The topological polar surface area (TPSA) is 35.2 Å². The third-order valence-electron chi connectivity index (χ3n) is 0.642. The molecule has 2 N–H and O–H groups in total. The lowest BCUT2D eigenvalue weighted by Gasteiger charge is -2.11. The van der Waals surface area contributed by atoms with E-state index in [1.807, 2.05) is 0 Å². The van der Waals surface area contributed by atoms with E-state index in [1.54, 1.807) is 13.8 Å². The third kappa shape index (κ3) is 2.21. The second kappa shape index (κ2) is 1.97. The Morgan fingerprint density at radius 3 is 2.14 bits per heavy atom. The van der Waals surface area contributed by atoms with Gasteiger partial charge in [0.15, 0.2) is 0 Å². The Bertz CT molecular complexity index is 90.7. The van der Waals surface area contributed by atoms with Crippen molar-refractivity contribution in [1.29, 1.82) is 0 Å². The summed E-state index contributed by atoms with van der Waals surface area (Å²) in [4.78, 5) is 4.35. The zero-order valence-corrected chi connectivity index (χ0v) is 4.56. The van der Waals surface area contributed by atoms with Gasteiger partial charge in [-0.1, -0.05) is 5.92 Å². The van der Waals surface area contributed by atoms with Crippen LogP contribution in [0.4, 0.5) is 0 Å². The summed E-state index contributed by atoms with van der Waals surface area (Å²) in [6.07, 6.45) is 4.96. The Morgan fingerprint density at radius 1 is 1.71 bits per heavy atom. The average molecular weight is 99.1 g/mol. The van der Waals surface area contributed by atoms with E-state index in [1.165, 1.54) is 0 Å². The predicted octanol–water partition coefficient (Wildman–Crippen LogP) is 0.289. The van der Waals surface area contributed by atoms with Crippen molar-refractivity contribution < 1.29 is 4.84 Å². The van der Waals surface area contributed by atoms with Crippen molar-refractivity contribution in [1.82, 2.24) is 0 Å². The first-order chi connectivity index (χ1) is 3.12. The quantitative estimate of drug-likeness (QED) is 0.379. The molecule has 2 heteroatoms. The molecule has 0 amide bonds. The number of hydrogen-bond acceptors (Lipinski definition) is 2. The number of hydrogen-bond donors (Lipinski definition) is 1. The molecule has 0 radical (unpaired) electrons. The maximum atomic E-state index is 4.96.